The lowest BCUT2D eigenvalue weighted by Crippen LogP contribution is -2.31. The molecular formula is C10H11Cl2N3O2. The predicted octanol–water partition coefficient (Wildman–Crippen LogP) is 1.99. The van der Waals surface area contributed by atoms with Crippen molar-refractivity contribution in [3.63, 3.8) is 0 Å². The number of urea groups is 1. The summed E-state index contributed by atoms with van der Waals surface area (Å²) in [6.07, 6.45) is 0.0870. The molecule has 0 spiro atoms. The normalized spacial score (nSPS) is 9.76. The number of rotatable bonds is 4. The fraction of sp³-hybridized carbons (Fsp3) is 0.200. The second-order valence-corrected chi connectivity index (χ2v) is 4.13. The highest BCUT2D eigenvalue weighted by Crippen LogP contribution is 2.22. The van der Waals surface area contributed by atoms with E-state index in [1.54, 1.807) is 18.2 Å². The van der Waals surface area contributed by atoms with Gasteiger partial charge >= 0.3 is 6.03 Å². The molecule has 0 saturated carbocycles. The Labute approximate surface area is 108 Å². The van der Waals surface area contributed by atoms with Crippen LogP contribution in [0.2, 0.25) is 10.0 Å². The summed E-state index contributed by atoms with van der Waals surface area (Å²) in [5, 5.41) is 5.83. The highest BCUT2D eigenvalue weighted by atomic mass is 35.5. The molecule has 3 amide bonds. The Balaban J connectivity index is 2.47. The monoisotopic (exact) mass is 275 g/mol. The summed E-state index contributed by atoms with van der Waals surface area (Å²) in [5.74, 6) is -0.476. The average molecular weight is 276 g/mol. The smallest absolute Gasteiger partial charge is 0.319 e. The van der Waals surface area contributed by atoms with E-state index in [1.165, 1.54) is 0 Å². The first-order chi connectivity index (χ1) is 7.97. The zero-order valence-corrected chi connectivity index (χ0v) is 10.3. The van der Waals surface area contributed by atoms with Crippen LogP contribution in [0.15, 0.2) is 18.2 Å². The molecule has 0 aromatic heterocycles. The molecule has 4 N–H and O–H groups in total. The molecule has 17 heavy (non-hydrogen) atoms. The molecule has 1 aromatic rings. The first kappa shape index (κ1) is 13.6. The van der Waals surface area contributed by atoms with Crippen LogP contribution in [-0.4, -0.2) is 18.5 Å². The van der Waals surface area contributed by atoms with Crippen LogP contribution < -0.4 is 16.4 Å². The van der Waals surface area contributed by atoms with E-state index in [-0.39, 0.29) is 13.0 Å². The Kier molecular flexibility index (Phi) is 5.06. The molecule has 1 aromatic carbocycles. The van der Waals surface area contributed by atoms with Gasteiger partial charge in [-0.1, -0.05) is 23.2 Å². The molecule has 0 aliphatic rings. The third-order valence-electron chi connectivity index (χ3n) is 1.78. The number of hydrogen-bond acceptors (Lipinski definition) is 2. The van der Waals surface area contributed by atoms with E-state index in [4.69, 9.17) is 28.9 Å². The first-order valence-corrected chi connectivity index (χ1v) is 5.52. The highest BCUT2D eigenvalue weighted by Gasteiger charge is 2.04. The minimum Gasteiger partial charge on any atom is -0.370 e. The minimum absolute atomic E-state index is 0.0870. The minimum atomic E-state index is -0.476. The number of amides is 3. The van der Waals surface area contributed by atoms with Gasteiger partial charge in [0.15, 0.2) is 0 Å². The number of nitrogens with one attached hydrogen (secondary N) is 2. The van der Waals surface area contributed by atoms with Crippen molar-refractivity contribution < 1.29 is 9.59 Å². The topological polar surface area (TPSA) is 84.2 Å². The van der Waals surface area contributed by atoms with Crippen LogP contribution in [0.1, 0.15) is 6.42 Å². The standard InChI is InChI=1S/C10H11Cl2N3O2/c11-6-3-7(12)5-8(4-6)15-10(17)14-2-1-9(13)16/h3-5H,1-2H2,(H2,13,16)(H2,14,15,17). The number of halogens is 2. The number of benzene rings is 1. The third-order valence-corrected chi connectivity index (χ3v) is 2.21. The van der Waals surface area contributed by atoms with Gasteiger partial charge in [0, 0.05) is 28.7 Å². The van der Waals surface area contributed by atoms with Crippen molar-refractivity contribution in [1.82, 2.24) is 5.32 Å². The van der Waals surface area contributed by atoms with Gasteiger partial charge in [-0.15, -0.1) is 0 Å². The molecule has 7 heteroatoms. The number of anilines is 1. The second-order valence-electron chi connectivity index (χ2n) is 3.26. The van der Waals surface area contributed by atoms with Gasteiger partial charge in [0.05, 0.1) is 0 Å². The van der Waals surface area contributed by atoms with E-state index in [9.17, 15) is 9.59 Å². The van der Waals surface area contributed by atoms with Gasteiger partial charge in [-0.2, -0.15) is 0 Å². The van der Waals surface area contributed by atoms with Crippen LogP contribution in [0.3, 0.4) is 0 Å². The molecule has 0 aliphatic heterocycles. The Morgan fingerprint density at radius 3 is 2.29 bits per heavy atom. The van der Waals surface area contributed by atoms with Crippen molar-refractivity contribution in [1.29, 1.82) is 0 Å². The van der Waals surface area contributed by atoms with Crippen LogP contribution in [-0.2, 0) is 4.79 Å². The van der Waals surface area contributed by atoms with Crippen molar-refractivity contribution in [3.8, 4) is 0 Å². The van der Waals surface area contributed by atoms with Crippen LogP contribution in [0.5, 0.6) is 0 Å². The Bertz CT molecular complexity index is 417. The van der Waals surface area contributed by atoms with E-state index >= 15 is 0 Å². The van der Waals surface area contributed by atoms with Gasteiger partial charge in [-0.3, -0.25) is 4.79 Å². The molecular weight excluding hydrogens is 265 g/mol. The van der Waals surface area contributed by atoms with Gasteiger partial charge in [-0.05, 0) is 18.2 Å². The van der Waals surface area contributed by atoms with E-state index in [1.807, 2.05) is 0 Å². The SMILES string of the molecule is NC(=O)CCNC(=O)Nc1cc(Cl)cc(Cl)c1. The second kappa shape index (κ2) is 6.32. The van der Waals surface area contributed by atoms with Gasteiger partial charge in [0.2, 0.25) is 5.91 Å². The van der Waals surface area contributed by atoms with E-state index in [2.05, 4.69) is 10.6 Å². The molecule has 0 bridgehead atoms. The molecule has 5 nitrogen and oxygen atoms in total. The first-order valence-electron chi connectivity index (χ1n) is 4.76. The highest BCUT2D eigenvalue weighted by molar-refractivity contribution is 6.35. The number of nitrogens with two attached hydrogens (primary N) is 1. The zero-order chi connectivity index (χ0) is 12.8. The van der Waals surface area contributed by atoms with Gasteiger partial charge in [0.1, 0.15) is 0 Å². The van der Waals surface area contributed by atoms with E-state index in [0.717, 1.165) is 0 Å². The molecule has 0 unspecified atom stereocenters. The Morgan fingerprint density at radius 2 is 1.76 bits per heavy atom. The number of primary amides is 1. The summed E-state index contributed by atoms with van der Waals surface area (Å²) < 4.78 is 0. The van der Waals surface area contributed by atoms with E-state index in [0.29, 0.717) is 15.7 Å². The van der Waals surface area contributed by atoms with Crippen LogP contribution in [0, 0.1) is 0 Å². The zero-order valence-electron chi connectivity index (χ0n) is 8.80. The molecule has 0 atom stereocenters. The predicted molar refractivity (Wildman–Crippen MR) is 67.3 cm³/mol. The van der Waals surface area contributed by atoms with Crippen molar-refractivity contribution in [3.05, 3.63) is 28.2 Å². The van der Waals surface area contributed by atoms with Crippen LogP contribution >= 0.6 is 23.2 Å². The summed E-state index contributed by atoms with van der Waals surface area (Å²) in [6, 6.07) is 4.21. The molecule has 92 valence electrons. The summed E-state index contributed by atoms with van der Waals surface area (Å²) in [7, 11) is 0. The Morgan fingerprint density at radius 1 is 1.18 bits per heavy atom. The summed E-state index contributed by atoms with van der Waals surface area (Å²) in [4.78, 5) is 21.8. The van der Waals surface area contributed by atoms with E-state index < -0.39 is 11.9 Å². The summed E-state index contributed by atoms with van der Waals surface area (Å²) in [6.45, 7) is 0.176. The fourth-order valence-electron chi connectivity index (χ4n) is 1.10. The van der Waals surface area contributed by atoms with Crippen LogP contribution in [0.25, 0.3) is 0 Å². The van der Waals surface area contributed by atoms with Crippen molar-refractivity contribution in [2.75, 3.05) is 11.9 Å². The lowest BCUT2D eigenvalue weighted by molar-refractivity contribution is -0.117. The number of carbonyl (C=O) groups is 2. The van der Waals surface area contributed by atoms with Gasteiger partial charge in [-0.25, -0.2) is 4.79 Å². The van der Waals surface area contributed by atoms with Crippen molar-refractivity contribution >= 4 is 40.8 Å². The average Bonchev–Trinajstić information content (AvgIpc) is 2.14. The molecule has 0 fully saturated rings. The molecule has 0 saturated heterocycles. The summed E-state index contributed by atoms with van der Waals surface area (Å²) >= 11 is 11.5. The quantitative estimate of drug-likeness (QED) is 0.785. The number of hydrogen-bond donors (Lipinski definition) is 3. The van der Waals surface area contributed by atoms with Crippen molar-refractivity contribution in [2.45, 2.75) is 6.42 Å². The third kappa shape index (κ3) is 5.42. The lowest BCUT2D eigenvalue weighted by Gasteiger charge is -2.07. The largest absolute Gasteiger partial charge is 0.370 e. The maximum Gasteiger partial charge on any atom is 0.319 e. The van der Waals surface area contributed by atoms with Gasteiger partial charge < -0.3 is 16.4 Å². The lowest BCUT2D eigenvalue weighted by atomic mass is 10.3. The van der Waals surface area contributed by atoms with Crippen LogP contribution in [0.4, 0.5) is 10.5 Å². The Hall–Kier alpha value is -1.46. The molecule has 0 heterocycles. The molecule has 1 rings (SSSR count). The maximum absolute atomic E-state index is 11.4. The molecule has 0 aliphatic carbocycles. The van der Waals surface area contributed by atoms with Gasteiger partial charge in [0.25, 0.3) is 0 Å². The maximum atomic E-state index is 11.4. The fourth-order valence-corrected chi connectivity index (χ4v) is 1.63. The summed E-state index contributed by atoms with van der Waals surface area (Å²) in [5.41, 5.74) is 5.40. The number of carbonyl (C=O) groups excluding carboxylic acids is 2. The molecule has 0 radical (unpaired) electrons. The van der Waals surface area contributed by atoms with Crippen molar-refractivity contribution in [2.24, 2.45) is 5.73 Å².